The molecule has 0 aliphatic carbocycles. The predicted molar refractivity (Wildman–Crippen MR) is 86.0 cm³/mol. The molecule has 0 saturated carbocycles. The van der Waals surface area contributed by atoms with Gasteiger partial charge in [0, 0.05) is 12.0 Å². The van der Waals surface area contributed by atoms with Gasteiger partial charge in [0.2, 0.25) is 0 Å². The normalized spacial score (nSPS) is 9.19. The highest BCUT2D eigenvalue weighted by Gasteiger charge is 2.00. The summed E-state index contributed by atoms with van der Waals surface area (Å²) in [6, 6.07) is 6.59. The summed E-state index contributed by atoms with van der Waals surface area (Å²) in [4.78, 5) is 10.8. The maximum atomic E-state index is 10.8. The summed E-state index contributed by atoms with van der Waals surface area (Å²) >= 11 is 0. The van der Waals surface area contributed by atoms with Gasteiger partial charge >= 0.3 is 5.97 Å². The van der Waals surface area contributed by atoms with E-state index in [4.69, 9.17) is 5.11 Å². The molecule has 21 heavy (non-hydrogen) atoms. The quantitative estimate of drug-likeness (QED) is 0.591. The molecule has 1 N–H and O–H groups in total. The molecule has 0 saturated heterocycles. The summed E-state index contributed by atoms with van der Waals surface area (Å²) in [5.74, 6) is 10.6. The molecule has 1 rings (SSSR count). The van der Waals surface area contributed by atoms with Crippen molar-refractivity contribution < 1.29 is 9.90 Å². The topological polar surface area (TPSA) is 37.3 Å². The van der Waals surface area contributed by atoms with Crippen LogP contribution in [0.25, 0.3) is 0 Å². The van der Waals surface area contributed by atoms with Crippen LogP contribution in [0.2, 0.25) is 0 Å². The second kappa shape index (κ2) is 10.6. The maximum Gasteiger partial charge on any atom is 0.335 e. The van der Waals surface area contributed by atoms with Gasteiger partial charge in [-0.25, -0.2) is 4.79 Å². The van der Waals surface area contributed by atoms with Crippen LogP contribution in [0.3, 0.4) is 0 Å². The van der Waals surface area contributed by atoms with Gasteiger partial charge in [0.25, 0.3) is 0 Å². The van der Waals surface area contributed by atoms with Crippen molar-refractivity contribution >= 4 is 5.97 Å². The zero-order valence-corrected chi connectivity index (χ0v) is 12.6. The van der Waals surface area contributed by atoms with Crippen molar-refractivity contribution in [3.8, 4) is 23.7 Å². The number of aromatic carboxylic acids is 1. The monoisotopic (exact) mass is 282 g/mol. The fourth-order valence-corrected chi connectivity index (χ4v) is 1.93. The minimum absolute atomic E-state index is 0.252. The van der Waals surface area contributed by atoms with Crippen LogP contribution in [-0.2, 0) is 0 Å². The summed E-state index contributed by atoms with van der Waals surface area (Å²) in [6.45, 7) is 2.22. The van der Waals surface area contributed by atoms with Crippen LogP contribution in [0.5, 0.6) is 0 Å². The van der Waals surface area contributed by atoms with Gasteiger partial charge in [0.05, 0.1) is 5.56 Å². The third kappa shape index (κ3) is 7.85. The summed E-state index contributed by atoms with van der Waals surface area (Å²) in [5.41, 5.74) is 0.936. The Balaban J connectivity index is 2.31. The molecule has 0 aliphatic heterocycles. The zero-order chi connectivity index (χ0) is 15.3. The lowest BCUT2D eigenvalue weighted by molar-refractivity contribution is 0.0697. The third-order valence-electron chi connectivity index (χ3n) is 3.12. The van der Waals surface area contributed by atoms with E-state index in [0.29, 0.717) is 5.56 Å². The van der Waals surface area contributed by atoms with Gasteiger partial charge in [-0.2, -0.15) is 0 Å². The molecule has 110 valence electrons. The third-order valence-corrected chi connectivity index (χ3v) is 3.12. The van der Waals surface area contributed by atoms with E-state index >= 15 is 0 Å². The number of carboxylic acid groups (broad SMARTS) is 1. The largest absolute Gasteiger partial charge is 0.478 e. The van der Waals surface area contributed by atoms with Crippen molar-refractivity contribution in [3.05, 3.63) is 35.4 Å². The molecular weight excluding hydrogens is 260 g/mol. The summed E-state index contributed by atoms with van der Waals surface area (Å²) < 4.78 is 0. The van der Waals surface area contributed by atoms with Crippen molar-refractivity contribution in [1.82, 2.24) is 0 Å². The number of rotatable bonds is 7. The van der Waals surface area contributed by atoms with Crippen LogP contribution in [0.15, 0.2) is 24.3 Å². The van der Waals surface area contributed by atoms with Crippen LogP contribution in [0.4, 0.5) is 0 Å². The van der Waals surface area contributed by atoms with E-state index in [9.17, 15) is 4.79 Å². The molecule has 0 fully saturated rings. The van der Waals surface area contributed by atoms with Crippen molar-refractivity contribution in [2.24, 2.45) is 0 Å². The van der Waals surface area contributed by atoms with Gasteiger partial charge in [-0.1, -0.05) is 56.9 Å². The lowest BCUT2D eigenvalue weighted by atomic mass is 10.1. The highest BCUT2D eigenvalue weighted by Crippen LogP contribution is 2.06. The van der Waals surface area contributed by atoms with Gasteiger partial charge in [0.15, 0.2) is 0 Å². The van der Waals surface area contributed by atoms with Gasteiger partial charge in [-0.15, -0.1) is 0 Å². The summed E-state index contributed by atoms with van der Waals surface area (Å²) in [6.07, 6.45) is 8.48. The van der Waals surface area contributed by atoms with Crippen LogP contribution in [-0.4, -0.2) is 11.1 Å². The average molecular weight is 282 g/mol. The predicted octanol–water partition coefficient (Wildman–Crippen LogP) is 4.49. The van der Waals surface area contributed by atoms with Crippen LogP contribution in [0, 0.1) is 23.7 Å². The number of hydrogen-bond donors (Lipinski definition) is 1. The fourth-order valence-electron chi connectivity index (χ4n) is 1.93. The van der Waals surface area contributed by atoms with Crippen LogP contribution in [0.1, 0.15) is 67.8 Å². The highest BCUT2D eigenvalue weighted by molar-refractivity contribution is 5.88. The summed E-state index contributed by atoms with van der Waals surface area (Å²) in [5, 5.41) is 8.88. The van der Waals surface area contributed by atoms with Crippen molar-refractivity contribution in [3.63, 3.8) is 0 Å². The van der Waals surface area contributed by atoms with Crippen molar-refractivity contribution in [1.29, 1.82) is 0 Å². The lowest BCUT2D eigenvalue weighted by Crippen LogP contribution is -1.95. The molecule has 2 heteroatoms. The molecule has 0 radical (unpaired) electrons. The van der Waals surface area contributed by atoms with Gasteiger partial charge in [-0.3, -0.25) is 0 Å². The first-order chi connectivity index (χ1) is 10.2. The van der Waals surface area contributed by atoms with E-state index < -0.39 is 5.97 Å². The first-order valence-electron chi connectivity index (χ1n) is 7.56. The Morgan fingerprint density at radius 2 is 1.86 bits per heavy atom. The molecule has 0 heterocycles. The molecular formula is C19H22O2. The number of benzene rings is 1. The molecule has 0 unspecified atom stereocenters. The Bertz CT molecular complexity index is 564. The molecule has 0 atom stereocenters. The molecule has 0 bridgehead atoms. The standard InChI is InChI=1S/C19H22O2/c1-2-3-4-5-6-7-8-9-10-11-13-17-14-12-15-18(16-17)19(20)21/h12,14-16H,2-8H2,1H3,(H,20,21). The molecule has 0 aliphatic rings. The molecule has 0 aromatic heterocycles. The van der Waals surface area contributed by atoms with Gasteiger partial charge in [0.1, 0.15) is 0 Å². The second-order valence-corrected chi connectivity index (χ2v) is 4.96. The van der Waals surface area contributed by atoms with E-state index in [0.717, 1.165) is 12.8 Å². The SMILES string of the molecule is CCCCCCCCC#CC#Cc1cccc(C(=O)O)c1. The molecule has 2 nitrogen and oxygen atoms in total. The Hall–Kier alpha value is -2.19. The number of carboxylic acids is 1. The molecule has 0 spiro atoms. The first kappa shape index (κ1) is 16.9. The molecule has 0 amide bonds. The Morgan fingerprint density at radius 3 is 2.62 bits per heavy atom. The van der Waals surface area contributed by atoms with E-state index in [1.807, 2.05) is 0 Å². The Morgan fingerprint density at radius 1 is 1.10 bits per heavy atom. The van der Waals surface area contributed by atoms with E-state index in [2.05, 4.69) is 30.6 Å². The zero-order valence-electron chi connectivity index (χ0n) is 12.6. The number of carbonyl (C=O) groups is 1. The smallest absolute Gasteiger partial charge is 0.335 e. The minimum atomic E-state index is -0.937. The Kier molecular flexibility index (Phi) is 8.50. The van der Waals surface area contributed by atoms with E-state index in [1.165, 1.54) is 32.1 Å². The second-order valence-electron chi connectivity index (χ2n) is 4.96. The van der Waals surface area contributed by atoms with Crippen molar-refractivity contribution in [2.45, 2.75) is 51.9 Å². The van der Waals surface area contributed by atoms with Gasteiger partial charge < -0.3 is 5.11 Å². The maximum absolute atomic E-state index is 10.8. The minimum Gasteiger partial charge on any atom is -0.478 e. The molecule has 1 aromatic carbocycles. The highest BCUT2D eigenvalue weighted by atomic mass is 16.4. The number of unbranched alkanes of at least 4 members (excludes halogenated alkanes) is 6. The van der Waals surface area contributed by atoms with Gasteiger partial charge in [-0.05, 0) is 36.5 Å². The Labute approximate surface area is 127 Å². The average Bonchev–Trinajstić information content (AvgIpc) is 2.49. The first-order valence-corrected chi connectivity index (χ1v) is 7.56. The number of hydrogen-bond acceptors (Lipinski definition) is 1. The van der Waals surface area contributed by atoms with Crippen LogP contribution < -0.4 is 0 Å². The fraction of sp³-hybridized carbons (Fsp3) is 0.421. The summed E-state index contributed by atoms with van der Waals surface area (Å²) in [7, 11) is 0. The molecule has 1 aromatic rings. The van der Waals surface area contributed by atoms with Crippen molar-refractivity contribution in [2.75, 3.05) is 0 Å². The van der Waals surface area contributed by atoms with Crippen LogP contribution >= 0.6 is 0 Å². The van der Waals surface area contributed by atoms with E-state index in [1.54, 1.807) is 24.3 Å². The lowest BCUT2D eigenvalue weighted by Gasteiger charge is -1.96. The van der Waals surface area contributed by atoms with E-state index in [-0.39, 0.29) is 5.56 Å².